The van der Waals surface area contributed by atoms with Crippen LogP contribution in [-0.2, 0) is 14.4 Å². The van der Waals surface area contributed by atoms with Crippen LogP contribution in [0.4, 0.5) is 13.2 Å². The molecule has 1 saturated heterocycles. The van der Waals surface area contributed by atoms with Crippen LogP contribution in [0.5, 0.6) is 0 Å². The number of hydrogen-bond acceptors (Lipinski definition) is 3. The van der Waals surface area contributed by atoms with Gasteiger partial charge >= 0.3 is 12.1 Å². The highest BCUT2D eigenvalue weighted by molar-refractivity contribution is 5.89. The minimum absolute atomic E-state index is 0.324. The van der Waals surface area contributed by atoms with Crippen LogP contribution >= 0.6 is 0 Å². The number of aryl methyl sites for hydroxylation is 1. The molecule has 26 heavy (non-hydrogen) atoms. The number of nitrogens with zero attached hydrogens (tertiary/aromatic N) is 1. The molecule has 0 aliphatic carbocycles. The Bertz CT molecular complexity index is 705. The van der Waals surface area contributed by atoms with Crippen molar-refractivity contribution in [1.29, 1.82) is 0 Å². The first kappa shape index (κ1) is 19.7. The lowest BCUT2D eigenvalue weighted by atomic mass is 9.97. The molecule has 0 bridgehead atoms. The van der Waals surface area contributed by atoms with E-state index in [1.807, 2.05) is 0 Å². The fourth-order valence-electron chi connectivity index (χ4n) is 3.00. The van der Waals surface area contributed by atoms with Gasteiger partial charge in [0.2, 0.25) is 11.8 Å². The molecule has 1 aliphatic rings. The molecule has 0 spiro atoms. The summed E-state index contributed by atoms with van der Waals surface area (Å²) in [5.41, 5.74) is 1.39. The quantitative estimate of drug-likeness (QED) is 0.800. The molecular weight excluding hydrogens is 353 g/mol. The van der Waals surface area contributed by atoms with Gasteiger partial charge in [-0.15, -0.1) is 0 Å². The first-order valence-corrected chi connectivity index (χ1v) is 7.99. The SMILES string of the molecule is Cc1ccccc1[C@@H](CC(=O)O)NC(=O)[C@@H]1CC(=O)N(CC(F)(F)F)C1. The lowest BCUT2D eigenvalue weighted by Crippen LogP contribution is -2.38. The van der Waals surface area contributed by atoms with Crippen molar-refractivity contribution < 1.29 is 32.7 Å². The van der Waals surface area contributed by atoms with Crippen LogP contribution in [0.3, 0.4) is 0 Å². The fourth-order valence-corrected chi connectivity index (χ4v) is 3.00. The van der Waals surface area contributed by atoms with Gasteiger partial charge < -0.3 is 15.3 Å². The molecule has 2 rings (SSSR count). The normalized spacial score (nSPS) is 18.7. The molecule has 142 valence electrons. The van der Waals surface area contributed by atoms with Gasteiger partial charge in [0.25, 0.3) is 0 Å². The van der Waals surface area contributed by atoms with E-state index >= 15 is 0 Å². The summed E-state index contributed by atoms with van der Waals surface area (Å²) in [6.07, 6.45) is -5.23. The summed E-state index contributed by atoms with van der Waals surface area (Å²) in [4.78, 5) is 35.8. The number of hydrogen-bond donors (Lipinski definition) is 2. The Kier molecular flexibility index (Phi) is 5.89. The van der Waals surface area contributed by atoms with Gasteiger partial charge in [-0.3, -0.25) is 14.4 Å². The molecule has 2 N–H and O–H groups in total. The predicted molar refractivity (Wildman–Crippen MR) is 85.1 cm³/mol. The Balaban J connectivity index is 2.09. The van der Waals surface area contributed by atoms with Crippen LogP contribution < -0.4 is 5.32 Å². The predicted octanol–water partition coefficient (Wildman–Crippen LogP) is 2.04. The van der Waals surface area contributed by atoms with Crippen LogP contribution in [0, 0.1) is 12.8 Å². The molecule has 0 unspecified atom stereocenters. The molecule has 1 aromatic rings. The highest BCUT2D eigenvalue weighted by Gasteiger charge is 2.41. The van der Waals surface area contributed by atoms with E-state index in [1.54, 1.807) is 31.2 Å². The molecule has 0 aromatic heterocycles. The number of likely N-dealkylation sites (tertiary alicyclic amines) is 1. The average Bonchev–Trinajstić information content (AvgIpc) is 2.86. The lowest BCUT2D eigenvalue weighted by molar-refractivity contribution is -0.157. The van der Waals surface area contributed by atoms with E-state index in [-0.39, 0.29) is 19.4 Å². The standard InChI is InChI=1S/C17H19F3N2O4/c1-10-4-2-3-5-12(10)13(7-15(24)25)21-16(26)11-6-14(23)22(8-11)9-17(18,19)20/h2-5,11,13H,6-9H2,1H3,(H,21,26)(H,24,25)/t11-,13-/m1/s1. The van der Waals surface area contributed by atoms with Crippen molar-refractivity contribution in [3.63, 3.8) is 0 Å². The van der Waals surface area contributed by atoms with Crippen molar-refractivity contribution in [1.82, 2.24) is 10.2 Å². The molecule has 2 atom stereocenters. The summed E-state index contributed by atoms with van der Waals surface area (Å²) in [5.74, 6) is -3.43. The number of carbonyl (C=O) groups excluding carboxylic acids is 2. The van der Waals surface area contributed by atoms with Gasteiger partial charge in [-0.1, -0.05) is 24.3 Å². The zero-order chi connectivity index (χ0) is 19.5. The van der Waals surface area contributed by atoms with E-state index in [4.69, 9.17) is 5.11 Å². The van der Waals surface area contributed by atoms with E-state index in [0.29, 0.717) is 10.5 Å². The zero-order valence-electron chi connectivity index (χ0n) is 14.0. The van der Waals surface area contributed by atoms with Crippen molar-refractivity contribution in [2.45, 2.75) is 32.0 Å². The molecule has 1 aliphatic heterocycles. The number of halogens is 3. The van der Waals surface area contributed by atoms with Crippen LogP contribution in [0.1, 0.15) is 30.0 Å². The minimum atomic E-state index is -4.53. The summed E-state index contributed by atoms with van der Waals surface area (Å²) in [6.45, 7) is 0.0319. The largest absolute Gasteiger partial charge is 0.481 e. The van der Waals surface area contributed by atoms with Crippen molar-refractivity contribution in [2.24, 2.45) is 5.92 Å². The molecule has 2 amide bonds. The molecular formula is C17H19F3N2O4. The van der Waals surface area contributed by atoms with E-state index in [2.05, 4.69) is 5.32 Å². The summed E-state index contributed by atoms with van der Waals surface area (Å²) in [6, 6.07) is 6.09. The Labute approximate surface area is 148 Å². The van der Waals surface area contributed by atoms with Gasteiger partial charge in [-0.25, -0.2) is 0 Å². The van der Waals surface area contributed by atoms with E-state index in [1.165, 1.54) is 0 Å². The summed E-state index contributed by atoms with van der Waals surface area (Å²) < 4.78 is 37.4. The number of carboxylic acids is 1. The van der Waals surface area contributed by atoms with Crippen LogP contribution in [0.2, 0.25) is 0 Å². The Morgan fingerprint density at radius 3 is 2.58 bits per heavy atom. The number of carboxylic acid groups (broad SMARTS) is 1. The van der Waals surface area contributed by atoms with Crippen molar-refractivity contribution >= 4 is 17.8 Å². The number of alkyl halides is 3. The third-order valence-electron chi connectivity index (χ3n) is 4.21. The number of amides is 2. The van der Waals surface area contributed by atoms with Crippen molar-refractivity contribution in [3.8, 4) is 0 Å². The molecule has 1 aromatic carbocycles. The van der Waals surface area contributed by atoms with Gasteiger partial charge in [-0.05, 0) is 18.1 Å². The molecule has 0 radical (unpaired) electrons. The minimum Gasteiger partial charge on any atom is -0.481 e. The molecule has 9 heteroatoms. The topological polar surface area (TPSA) is 86.7 Å². The number of aliphatic carboxylic acids is 1. The van der Waals surface area contributed by atoms with Gasteiger partial charge in [-0.2, -0.15) is 13.2 Å². The first-order valence-electron chi connectivity index (χ1n) is 7.99. The average molecular weight is 372 g/mol. The van der Waals surface area contributed by atoms with Crippen LogP contribution in [-0.4, -0.2) is 47.1 Å². The number of nitrogens with one attached hydrogen (secondary N) is 1. The highest BCUT2D eigenvalue weighted by atomic mass is 19.4. The number of rotatable bonds is 6. The van der Waals surface area contributed by atoms with E-state index < -0.39 is 42.5 Å². The fraction of sp³-hybridized carbons (Fsp3) is 0.471. The van der Waals surface area contributed by atoms with Gasteiger partial charge in [0.15, 0.2) is 0 Å². The Morgan fingerprint density at radius 1 is 1.35 bits per heavy atom. The van der Waals surface area contributed by atoms with Gasteiger partial charge in [0, 0.05) is 13.0 Å². The monoisotopic (exact) mass is 372 g/mol. The lowest BCUT2D eigenvalue weighted by Gasteiger charge is -2.22. The highest BCUT2D eigenvalue weighted by Crippen LogP contribution is 2.26. The molecule has 1 fully saturated rings. The maximum absolute atomic E-state index is 12.5. The zero-order valence-corrected chi connectivity index (χ0v) is 14.0. The molecule has 1 heterocycles. The maximum atomic E-state index is 12.5. The summed E-state index contributed by atoms with van der Waals surface area (Å²) in [5, 5.41) is 11.7. The van der Waals surface area contributed by atoms with E-state index in [9.17, 15) is 27.6 Å². The van der Waals surface area contributed by atoms with Crippen molar-refractivity contribution in [2.75, 3.05) is 13.1 Å². The van der Waals surface area contributed by atoms with E-state index in [0.717, 1.165) is 5.56 Å². The van der Waals surface area contributed by atoms with Gasteiger partial charge in [0.05, 0.1) is 18.4 Å². The van der Waals surface area contributed by atoms with Crippen LogP contribution in [0.15, 0.2) is 24.3 Å². The third-order valence-corrected chi connectivity index (χ3v) is 4.21. The second kappa shape index (κ2) is 7.76. The first-order chi connectivity index (χ1) is 12.1. The number of carbonyl (C=O) groups is 3. The summed E-state index contributed by atoms with van der Waals surface area (Å²) >= 11 is 0. The summed E-state index contributed by atoms with van der Waals surface area (Å²) in [7, 11) is 0. The van der Waals surface area contributed by atoms with Crippen LogP contribution in [0.25, 0.3) is 0 Å². The third kappa shape index (κ3) is 5.21. The molecule has 6 nitrogen and oxygen atoms in total. The Morgan fingerprint density at radius 2 is 2.00 bits per heavy atom. The smallest absolute Gasteiger partial charge is 0.406 e. The number of benzene rings is 1. The van der Waals surface area contributed by atoms with Crippen molar-refractivity contribution in [3.05, 3.63) is 35.4 Å². The Hall–Kier alpha value is -2.58. The molecule has 0 saturated carbocycles. The maximum Gasteiger partial charge on any atom is 0.406 e. The second-order valence-electron chi connectivity index (χ2n) is 6.31. The van der Waals surface area contributed by atoms with Gasteiger partial charge in [0.1, 0.15) is 6.54 Å². The second-order valence-corrected chi connectivity index (χ2v) is 6.31.